The third-order valence-corrected chi connectivity index (χ3v) is 4.82. The highest BCUT2D eigenvalue weighted by Crippen LogP contribution is 2.26. The summed E-state index contributed by atoms with van der Waals surface area (Å²) in [5.74, 6) is 1.41. The number of nitrogens with one attached hydrogen (secondary N) is 1. The van der Waals surface area contributed by atoms with Crippen LogP contribution < -0.4 is 10.1 Å². The van der Waals surface area contributed by atoms with Gasteiger partial charge in [-0.2, -0.15) is 5.10 Å². The van der Waals surface area contributed by atoms with E-state index in [-0.39, 0.29) is 5.91 Å². The number of anilines is 1. The van der Waals surface area contributed by atoms with Crippen LogP contribution in [0.25, 0.3) is 6.08 Å². The van der Waals surface area contributed by atoms with Crippen LogP contribution in [0.1, 0.15) is 16.7 Å². The van der Waals surface area contributed by atoms with E-state index in [1.165, 1.54) is 11.6 Å². The number of hydrogen-bond donors (Lipinski definition) is 1. The molecule has 1 aliphatic heterocycles. The molecule has 27 heavy (non-hydrogen) atoms. The average molecular weight is 424 g/mol. The zero-order chi connectivity index (χ0) is 18.6. The summed E-state index contributed by atoms with van der Waals surface area (Å²) in [4.78, 5) is 12.3. The van der Waals surface area contributed by atoms with E-state index in [9.17, 15) is 4.79 Å². The van der Waals surface area contributed by atoms with Crippen molar-refractivity contribution in [3.05, 3.63) is 82.0 Å². The number of halogens is 1. The van der Waals surface area contributed by atoms with Gasteiger partial charge in [0.05, 0.1) is 19.3 Å². The van der Waals surface area contributed by atoms with Crippen molar-refractivity contribution in [2.24, 2.45) is 0 Å². The van der Waals surface area contributed by atoms with Gasteiger partial charge in [-0.15, -0.1) is 0 Å². The van der Waals surface area contributed by atoms with Crippen molar-refractivity contribution < 1.29 is 9.53 Å². The topological polar surface area (TPSA) is 56.1 Å². The van der Waals surface area contributed by atoms with Crippen molar-refractivity contribution >= 4 is 33.7 Å². The number of benzene rings is 2. The number of carbonyl (C=O) groups is 1. The third-order valence-electron chi connectivity index (χ3n) is 4.33. The van der Waals surface area contributed by atoms with Crippen molar-refractivity contribution in [2.75, 3.05) is 11.9 Å². The van der Waals surface area contributed by atoms with Crippen molar-refractivity contribution in [2.45, 2.75) is 13.0 Å². The molecular weight excluding hydrogens is 406 g/mol. The first kappa shape index (κ1) is 17.5. The summed E-state index contributed by atoms with van der Waals surface area (Å²) in [7, 11) is 0. The normalized spacial score (nSPS) is 12.8. The minimum atomic E-state index is -0.192. The molecule has 0 bridgehead atoms. The van der Waals surface area contributed by atoms with Crippen LogP contribution in [-0.4, -0.2) is 22.3 Å². The molecule has 0 fully saturated rings. The zero-order valence-corrected chi connectivity index (χ0v) is 16.1. The Morgan fingerprint density at radius 2 is 2.19 bits per heavy atom. The smallest absolute Gasteiger partial charge is 0.249 e. The highest BCUT2D eigenvalue weighted by molar-refractivity contribution is 9.10. The number of aromatic nitrogens is 2. The average Bonchev–Trinajstić information content (AvgIpc) is 3.29. The standard InChI is InChI=1S/C21H18BrN3O2/c22-18-3-1-2-16(13-18)14-25-20(8-10-23-25)24-21(26)7-5-15-4-6-19-17(12-15)9-11-27-19/h1-8,10,12-13H,9,11,14H2,(H,24,26)/b7-5+. The number of hydrogen-bond acceptors (Lipinski definition) is 3. The number of ether oxygens (including phenoxy) is 1. The quantitative estimate of drug-likeness (QED) is 0.623. The molecule has 4 rings (SSSR count). The van der Waals surface area contributed by atoms with E-state index in [4.69, 9.17) is 4.74 Å². The second-order valence-corrected chi connectivity index (χ2v) is 7.21. The molecule has 1 amide bonds. The molecule has 6 heteroatoms. The van der Waals surface area contributed by atoms with Crippen LogP contribution in [-0.2, 0) is 17.8 Å². The van der Waals surface area contributed by atoms with Crippen LogP contribution in [0, 0.1) is 0 Å². The largest absolute Gasteiger partial charge is 0.493 e. The minimum absolute atomic E-state index is 0.192. The maximum atomic E-state index is 12.3. The van der Waals surface area contributed by atoms with Gasteiger partial charge in [0.25, 0.3) is 0 Å². The Kier molecular flexibility index (Phi) is 5.07. The lowest BCUT2D eigenvalue weighted by Crippen LogP contribution is -2.13. The molecule has 0 aliphatic carbocycles. The Morgan fingerprint density at radius 3 is 3.07 bits per heavy atom. The Labute approximate surface area is 165 Å². The highest BCUT2D eigenvalue weighted by Gasteiger charge is 2.11. The van der Waals surface area contributed by atoms with Gasteiger partial charge in [-0.1, -0.05) is 34.1 Å². The fourth-order valence-electron chi connectivity index (χ4n) is 3.02. The predicted molar refractivity (Wildman–Crippen MR) is 109 cm³/mol. The molecule has 1 aromatic heterocycles. The molecular formula is C21H18BrN3O2. The Hall–Kier alpha value is -2.86. The summed E-state index contributed by atoms with van der Waals surface area (Å²) in [6.45, 7) is 1.31. The summed E-state index contributed by atoms with van der Waals surface area (Å²) in [5.41, 5.74) is 3.26. The fraction of sp³-hybridized carbons (Fsp3) is 0.143. The van der Waals surface area contributed by atoms with Crippen LogP contribution in [0.2, 0.25) is 0 Å². The lowest BCUT2D eigenvalue weighted by molar-refractivity contribution is -0.111. The summed E-state index contributed by atoms with van der Waals surface area (Å²) in [6, 6.07) is 15.8. The van der Waals surface area contributed by atoms with Gasteiger partial charge >= 0.3 is 0 Å². The molecule has 2 aromatic carbocycles. The molecule has 2 heterocycles. The van der Waals surface area contributed by atoms with Gasteiger partial charge in [0.1, 0.15) is 11.6 Å². The molecule has 0 saturated heterocycles. The molecule has 0 saturated carbocycles. The molecule has 0 unspecified atom stereocenters. The van der Waals surface area contributed by atoms with Crippen molar-refractivity contribution in [1.82, 2.24) is 9.78 Å². The van der Waals surface area contributed by atoms with Crippen LogP contribution in [0.3, 0.4) is 0 Å². The molecule has 1 N–H and O–H groups in total. The first-order valence-corrected chi connectivity index (χ1v) is 9.48. The van der Waals surface area contributed by atoms with Gasteiger partial charge in [-0.25, -0.2) is 4.68 Å². The number of amides is 1. The SMILES string of the molecule is O=C(/C=C/c1ccc2c(c1)CCO2)Nc1ccnn1Cc1cccc(Br)c1. The van der Waals surface area contributed by atoms with Gasteiger partial charge in [0.15, 0.2) is 0 Å². The number of nitrogens with zero attached hydrogens (tertiary/aromatic N) is 2. The van der Waals surface area contributed by atoms with Crippen molar-refractivity contribution in [3.8, 4) is 5.75 Å². The monoisotopic (exact) mass is 423 g/mol. The highest BCUT2D eigenvalue weighted by atomic mass is 79.9. The Balaban J connectivity index is 1.42. The maximum Gasteiger partial charge on any atom is 0.249 e. The van der Waals surface area contributed by atoms with E-state index in [0.29, 0.717) is 12.4 Å². The summed E-state index contributed by atoms with van der Waals surface area (Å²) >= 11 is 3.47. The van der Waals surface area contributed by atoms with E-state index in [1.807, 2.05) is 42.5 Å². The first-order valence-electron chi connectivity index (χ1n) is 8.68. The van der Waals surface area contributed by atoms with Gasteiger partial charge in [-0.05, 0) is 47.0 Å². The fourth-order valence-corrected chi connectivity index (χ4v) is 3.47. The molecule has 5 nitrogen and oxygen atoms in total. The summed E-state index contributed by atoms with van der Waals surface area (Å²) in [5, 5.41) is 7.19. The van der Waals surface area contributed by atoms with Crippen LogP contribution in [0.5, 0.6) is 5.75 Å². The van der Waals surface area contributed by atoms with E-state index in [2.05, 4.69) is 32.4 Å². The van der Waals surface area contributed by atoms with Crippen molar-refractivity contribution in [1.29, 1.82) is 0 Å². The van der Waals surface area contributed by atoms with Crippen LogP contribution in [0.4, 0.5) is 5.82 Å². The number of rotatable bonds is 5. The van der Waals surface area contributed by atoms with Crippen LogP contribution in [0.15, 0.2) is 65.3 Å². The molecule has 1 aliphatic rings. The van der Waals surface area contributed by atoms with Gasteiger partial charge in [0, 0.05) is 23.0 Å². The molecule has 0 atom stereocenters. The lowest BCUT2D eigenvalue weighted by atomic mass is 10.1. The Morgan fingerprint density at radius 1 is 1.26 bits per heavy atom. The third kappa shape index (κ3) is 4.28. The second kappa shape index (κ2) is 7.80. The van der Waals surface area contributed by atoms with E-state index in [1.54, 1.807) is 16.9 Å². The van der Waals surface area contributed by atoms with Gasteiger partial charge in [0.2, 0.25) is 5.91 Å². The molecule has 136 valence electrons. The van der Waals surface area contributed by atoms with Crippen LogP contribution >= 0.6 is 15.9 Å². The number of fused-ring (bicyclic) bond motifs is 1. The van der Waals surface area contributed by atoms with Gasteiger partial charge in [-0.3, -0.25) is 4.79 Å². The molecule has 3 aromatic rings. The molecule has 0 radical (unpaired) electrons. The van der Waals surface area contributed by atoms with E-state index >= 15 is 0 Å². The summed E-state index contributed by atoms with van der Waals surface area (Å²) in [6.07, 6.45) is 5.94. The number of carbonyl (C=O) groups excluding carboxylic acids is 1. The maximum absolute atomic E-state index is 12.3. The second-order valence-electron chi connectivity index (χ2n) is 6.29. The Bertz CT molecular complexity index is 1010. The lowest BCUT2D eigenvalue weighted by Gasteiger charge is -2.08. The predicted octanol–water partition coefficient (Wildman–Crippen LogP) is 4.28. The first-order chi connectivity index (χ1) is 13.2. The minimum Gasteiger partial charge on any atom is -0.493 e. The van der Waals surface area contributed by atoms with E-state index in [0.717, 1.165) is 34.4 Å². The van der Waals surface area contributed by atoms with Crippen molar-refractivity contribution in [3.63, 3.8) is 0 Å². The molecule has 0 spiro atoms. The van der Waals surface area contributed by atoms with E-state index < -0.39 is 0 Å². The van der Waals surface area contributed by atoms with Gasteiger partial charge < -0.3 is 10.1 Å². The zero-order valence-electron chi connectivity index (χ0n) is 14.6. The summed E-state index contributed by atoms with van der Waals surface area (Å²) < 4.78 is 8.28.